The Bertz CT molecular complexity index is 897. The molecule has 28 heavy (non-hydrogen) atoms. The van der Waals surface area contributed by atoms with E-state index in [1.165, 1.54) is 0 Å². The van der Waals surface area contributed by atoms with Gasteiger partial charge in [-0.15, -0.1) is 0 Å². The number of Topliss-reactive ketones (excluding diaryl/α,β-unsaturated/α-hetero) is 1. The largest absolute Gasteiger partial charge is 0.493 e. The van der Waals surface area contributed by atoms with Crippen LogP contribution in [0.3, 0.4) is 0 Å². The summed E-state index contributed by atoms with van der Waals surface area (Å²) in [6, 6.07) is 5.72. The van der Waals surface area contributed by atoms with E-state index in [1.807, 2.05) is 32.0 Å². The quantitative estimate of drug-likeness (QED) is 0.759. The molecule has 2 aromatic rings. The second-order valence-corrected chi connectivity index (χ2v) is 7.61. The van der Waals surface area contributed by atoms with Crippen LogP contribution in [0, 0.1) is 12.8 Å². The molecule has 0 saturated heterocycles. The molecule has 1 aliphatic rings. The predicted molar refractivity (Wildman–Crippen MR) is 106 cm³/mol. The van der Waals surface area contributed by atoms with Gasteiger partial charge in [-0.3, -0.25) is 4.79 Å². The Morgan fingerprint density at radius 3 is 2.54 bits per heavy atom. The van der Waals surface area contributed by atoms with Crippen molar-refractivity contribution in [3.63, 3.8) is 0 Å². The molecule has 0 amide bonds. The van der Waals surface area contributed by atoms with Crippen LogP contribution < -0.4 is 9.47 Å². The number of carbonyl (C=O) groups excluding carboxylic acids is 2. The summed E-state index contributed by atoms with van der Waals surface area (Å²) in [7, 11) is 3.19. The number of nitrogens with one attached hydrogen (secondary N) is 1. The van der Waals surface area contributed by atoms with Crippen LogP contribution in [0.1, 0.15) is 63.9 Å². The van der Waals surface area contributed by atoms with Gasteiger partial charge in [0.2, 0.25) is 0 Å². The third-order valence-corrected chi connectivity index (χ3v) is 5.12. The van der Waals surface area contributed by atoms with E-state index in [-0.39, 0.29) is 17.6 Å². The minimum absolute atomic E-state index is 0.0115. The summed E-state index contributed by atoms with van der Waals surface area (Å²) in [6.07, 6.45) is 1.04. The molecule has 1 heterocycles. The van der Waals surface area contributed by atoms with Crippen molar-refractivity contribution in [1.29, 1.82) is 0 Å². The lowest BCUT2D eigenvalue weighted by atomic mass is 9.81. The van der Waals surface area contributed by atoms with Gasteiger partial charge in [0.1, 0.15) is 5.69 Å². The summed E-state index contributed by atoms with van der Waals surface area (Å²) in [6.45, 7) is 6.12. The van der Waals surface area contributed by atoms with E-state index in [1.54, 1.807) is 21.1 Å². The highest BCUT2D eigenvalue weighted by molar-refractivity contribution is 6.03. The first-order chi connectivity index (χ1) is 13.3. The number of rotatable bonds is 6. The van der Waals surface area contributed by atoms with Crippen LogP contribution in [0.2, 0.25) is 0 Å². The lowest BCUT2D eigenvalue weighted by Gasteiger charge is -2.23. The lowest BCUT2D eigenvalue weighted by molar-refractivity contribution is 0.0451. The van der Waals surface area contributed by atoms with Crippen LogP contribution in [0.4, 0.5) is 0 Å². The van der Waals surface area contributed by atoms with Gasteiger partial charge in [0.15, 0.2) is 17.3 Å². The lowest BCUT2D eigenvalue weighted by Crippen LogP contribution is -2.18. The van der Waals surface area contributed by atoms with E-state index >= 15 is 0 Å². The zero-order valence-corrected chi connectivity index (χ0v) is 17.0. The van der Waals surface area contributed by atoms with E-state index < -0.39 is 5.97 Å². The number of carbonyl (C=O) groups is 2. The van der Waals surface area contributed by atoms with Gasteiger partial charge in [-0.2, -0.15) is 0 Å². The average molecular weight is 385 g/mol. The molecule has 1 aromatic heterocycles. The minimum Gasteiger partial charge on any atom is -0.493 e. The summed E-state index contributed by atoms with van der Waals surface area (Å²) in [5, 5.41) is 0. The van der Waals surface area contributed by atoms with Crippen molar-refractivity contribution < 1.29 is 23.8 Å². The predicted octanol–water partition coefficient (Wildman–Crippen LogP) is 4.07. The first-order valence-corrected chi connectivity index (χ1v) is 9.49. The zero-order valence-electron chi connectivity index (χ0n) is 17.0. The van der Waals surface area contributed by atoms with E-state index in [0.29, 0.717) is 47.8 Å². The summed E-state index contributed by atoms with van der Waals surface area (Å²) >= 11 is 0. The molecule has 1 N–H and O–H groups in total. The van der Waals surface area contributed by atoms with E-state index in [0.717, 1.165) is 11.3 Å². The fourth-order valence-corrected chi connectivity index (χ4v) is 3.69. The smallest absolute Gasteiger partial charge is 0.355 e. The second kappa shape index (κ2) is 8.09. The van der Waals surface area contributed by atoms with Crippen molar-refractivity contribution in [3.05, 3.63) is 46.3 Å². The molecule has 150 valence electrons. The molecule has 0 fully saturated rings. The number of esters is 1. The van der Waals surface area contributed by atoms with Crippen molar-refractivity contribution >= 4 is 11.8 Å². The Kier molecular flexibility index (Phi) is 5.77. The summed E-state index contributed by atoms with van der Waals surface area (Å²) < 4.78 is 16.0. The third-order valence-electron chi connectivity index (χ3n) is 5.12. The van der Waals surface area contributed by atoms with Gasteiger partial charge < -0.3 is 19.2 Å². The maximum absolute atomic E-state index is 12.8. The van der Waals surface area contributed by atoms with Crippen molar-refractivity contribution in [2.24, 2.45) is 5.92 Å². The van der Waals surface area contributed by atoms with Gasteiger partial charge in [-0.05, 0) is 48.4 Å². The number of H-pyrrole nitrogens is 1. The molecule has 1 aromatic carbocycles. The molecule has 1 unspecified atom stereocenters. The van der Waals surface area contributed by atoms with Gasteiger partial charge in [0, 0.05) is 17.7 Å². The molecule has 3 rings (SSSR count). The number of hydrogen-bond donors (Lipinski definition) is 1. The van der Waals surface area contributed by atoms with Crippen LogP contribution in [0.25, 0.3) is 0 Å². The molecular weight excluding hydrogens is 358 g/mol. The van der Waals surface area contributed by atoms with Gasteiger partial charge in [0.05, 0.1) is 20.8 Å². The molecule has 0 aliphatic heterocycles. The first-order valence-electron chi connectivity index (χ1n) is 9.49. The van der Waals surface area contributed by atoms with Gasteiger partial charge in [0.25, 0.3) is 0 Å². The number of aromatic amines is 1. The molecule has 6 heteroatoms. The molecule has 0 saturated carbocycles. The Morgan fingerprint density at radius 1 is 1.18 bits per heavy atom. The number of hydrogen-bond acceptors (Lipinski definition) is 5. The van der Waals surface area contributed by atoms with Crippen molar-refractivity contribution in [3.8, 4) is 11.5 Å². The second-order valence-electron chi connectivity index (χ2n) is 7.61. The molecule has 6 nitrogen and oxygen atoms in total. The Labute approximate surface area is 165 Å². The summed E-state index contributed by atoms with van der Waals surface area (Å²) in [5.41, 5.74) is 3.50. The maximum atomic E-state index is 12.8. The highest BCUT2D eigenvalue weighted by Crippen LogP contribution is 2.38. The monoisotopic (exact) mass is 385 g/mol. The number of ketones is 1. The molecule has 1 atom stereocenters. The van der Waals surface area contributed by atoms with Crippen molar-refractivity contribution in [2.45, 2.75) is 39.5 Å². The number of benzene rings is 1. The standard InChI is InChI=1S/C22H27NO5/c1-12(2)11-28-22(25)21-13(3)20-16(23-21)8-15(9-17(20)24)14-6-7-18(26-4)19(10-14)27-5/h6-7,10,12,15,23H,8-9,11H2,1-5H3. The highest BCUT2D eigenvalue weighted by atomic mass is 16.5. The van der Waals surface area contributed by atoms with Crippen LogP contribution in [-0.4, -0.2) is 37.6 Å². The Hall–Kier alpha value is -2.76. The zero-order chi connectivity index (χ0) is 20.4. The number of fused-ring (bicyclic) bond motifs is 1. The summed E-state index contributed by atoms with van der Waals surface area (Å²) in [5.74, 6) is 1.19. The molecule has 0 bridgehead atoms. The van der Waals surface area contributed by atoms with Crippen molar-refractivity contribution in [1.82, 2.24) is 4.98 Å². The number of aromatic nitrogens is 1. The average Bonchev–Trinajstić information content (AvgIpc) is 3.02. The minimum atomic E-state index is -0.406. The first kappa shape index (κ1) is 20.0. The number of ether oxygens (including phenoxy) is 3. The van der Waals surface area contributed by atoms with Crippen LogP contribution in [0.15, 0.2) is 18.2 Å². The molecule has 1 aliphatic carbocycles. The van der Waals surface area contributed by atoms with Crippen LogP contribution >= 0.6 is 0 Å². The SMILES string of the molecule is COc1ccc(C2CC(=O)c3c([nH]c(C(=O)OCC(C)C)c3C)C2)cc1OC. The van der Waals surface area contributed by atoms with Crippen LogP contribution in [0.5, 0.6) is 11.5 Å². The Morgan fingerprint density at radius 2 is 1.89 bits per heavy atom. The fourth-order valence-electron chi connectivity index (χ4n) is 3.69. The topological polar surface area (TPSA) is 77.6 Å². The third kappa shape index (κ3) is 3.77. The van der Waals surface area contributed by atoms with E-state index in [9.17, 15) is 9.59 Å². The molecule has 0 radical (unpaired) electrons. The van der Waals surface area contributed by atoms with Gasteiger partial charge in [-0.25, -0.2) is 4.79 Å². The van der Waals surface area contributed by atoms with E-state index in [4.69, 9.17) is 14.2 Å². The van der Waals surface area contributed by atoms with Crippen LogP contribution in [-0.2, 0) is 11.2 Å². The van der Waals surface area contributed by atoms with Gasteiger partial charge >= 0.3 is 5.97 Å². The Balaban J connectivity index is 1.88. The molecular formula is C22H27NO5. The maximum Gasteiger partial charge on any atom is 0.355 e. The van der Waals surface area contributed by atoms with Crippen molar-refractivity contribution in [2.75, 3.05) is 20.8 Å². The highest BCUT2D eigenvalue weighted by Gasteiger charge is 2.32. The van der Waals surface area contributed by atoms with Gasteiger partial charge in [-0.1, -0.05) is 19.9 Å². The van der Waals surface area contributed by atoms with E-state index in [2.05, 4.69) is 4.98 Å². The molecule has 0 spiro atoms. The number of methoxy groups -OCH3 is 2. The normalized spacial score (nSPS) is 16.1. The fraction of sp³-hybridized carbons (Fsp3) is 0.455. The summed E-state index contributed by atoms with van der Waals surface area (Å²) in [4.78, 5) is 28.4.